The van der Waals surface area contributed by atoms with Crippen LogP contribution >= 0.6 is 12.2 Å². The quantitative estimate of drug-likeness (QED) is 0.576. The second kappa shape index (κ2) is 8.43. The third-order valence-corrected chi connectivity index (χ3v) is 3.78. The number of hydrazine groups is 1. The molecule has 0 saturated heterocycles. The van der Waals surface area contributed by atoms with Gasteiger partial charge >= 0.3 is 0 Å². The summed E-state index contributed by atoms with van der Waals surface area (Å²) in [5, 5.41) is 3.20. The van der Waals surface area contributed by atoms with Crippen molar-refractivity contribution in [3.8, 4) is 5.75 Å². The van der Waals surface area contributed by atoms with E-state index in [1.807, 2.05) is 32.0 Å². The minimum absolute atomic E-state index is 0.0148. The van der Waals surface area contributed by atoms with Gasteiger partial charge in [-0.05, 0) is 68.4 Å². The Morgan fingerprint density at radius 1 is 1.12 bits per heavy atom. The maximum Gasteiger partial charge on any atom is 0.279 e. The first-order valence-electron chi connectivity index (χ1n) is 7.72. The molecule has 5 nitrogen and oxygen atoms in total. The highest BCUT2D eigenvalue weighted by Gasteiger charge is 2.16. The smallest absolute Gasteiger partial charge is 0.279 e. The fraction of sp³-hybridized carbons (Fsp3) is 0.222. The summed E-state index contributed by atoms with van der Waals surface area (Å²) in [6, 6.07) is 11.7. The van der Waals surface area contributed by atoms with Crippen LogP contribution in [0.2, 0.25) is 0 Å². The molecule has 2 rings (SSSR count). The molecule has 0 radical (unpaired) electrons. The van der Waals surface area contributed by atoms with Gasteiger partial charge in [-0.1, -0.05) is 18.2 Å². The molecule has 0 unspecified atom stereocenters. The van der Waals surface area contributed by atoms with Gasteiger partial charge < -0.3 is 10.1 Å². The van der Waals surface area contributed by atoms with Crippen LogP contribution < -0.4 is 20.9 Å². The van der Waals surface area contributed by atoms with Crippen molar-refractivity contribution < 1.29 is 13.9 Å². The van der Waals surface area contributed by atoms with Crippen LogP contribution in [0.15, 0.2) is 42.5 Å². The average Bonchev–Trinajstić information content (AvgIpc) is 2.58. The minimum Gasteiger partial charge on any atom is -0.478 e. The number of nitrogens with one attached hydrogen (secondary N) is 3. The Bertz CT molecular complexity index is 783. The van der Waals surface area contributed by atoms with Crippen molar-refractivity contribution in [2.75, 3.05) is 5.32 Å². The average molecular weight is 361 g/mol. The fourth-order valence-electron chi connectivity index (χ4n) is 1.99. The van der Waals surface area contributed by atoms with E-state index in [9.17, 15) is 9.18 Å². The van der Waals surface area contributed by atoms with Crippen molar-refractivity contribution in [2.24, 2.45) is 0 Å². The van der Waals surface area contributed by atoms with E-state index in [0.29, 0.717) is 0 Å². The highest BCUT2D eigenvalue weighted by atomic mass is 32.1. The largest absolute Gasteiger partial charge is 0.478 e. The van der Waals surface area contributed by atoms with E-state index in [1.54, 1.807) is 12.1 Å². The molecule has 7 heteroatoms. The summed E-state index contributed by atoms with van der Waals surface area (Å²) in [6.07, 6.45) is -0.895. The van der Waals surface area contributed by atoms with Gasteiger partial charge in [-0.25, -0.2) is 4.39 Å². The predicted molar refractivity (Wildman–Crippen MR) is 99.9 cm³/mol. The number of amides is 1. The van der Waals surface area contributed by atoms with E-state index in [1.165, 1.54) is 24.6 Å². The van der Waals surface area contributed by atoms with Crippen LogP contribution in [-0.2, 0) is 4.79 Å². The van der Waals surface area contributed by atoms with Crippen LogP contribution in [0.25, 0.3) is 0 Å². The molecule has 0 aliphatic carbocycles. The molecule has 0 bridgehead atoms. The number of anilines is 1. The van der Waals surface area contributed by atoms with Gasteiger partial charge in [-0.3, -0.25) is 15.6 Å². The molecule has 1 atom stereocenters. The number of benzene rings is 2. The zero-order chi connectivity index (χ0) is 18.4. The molecule has 1 amide bonds. The Balaban J connectivity index is 1.83. The van der Waals surface area contributed by atoms with E-state index in [2.05, 4.69) is 16.2 Å². The number of ether oxygens (including phenoxy) is 1. The number of para-hydroxylation sites is 1. The Labute approximate surface area is 151 Å². The molecule has 0 fully saturated rings. The summed E-state index contributed by atoms with van der Waals surface area (Å²) >= 11 is 5.13. The maximum absolute atomic E-state index is 13.5. The third kappa shape index (κ3) is 5.42. The maximum atomic E-state index is 13.5. The van der Waals surface area contributed by atoms with Crippen LogP contribution in [0, 0.1) is 19.7 Å². The summed E-state index contributed by atoms with van der Waals surface area (Å²) in [7, 11) is 0. The number of hydrogen-bond acceptors (Lipinski definition) is 3. The van der Waals surface area contributed by atoms with Crippen molar-refractivity contribution in [1.29, 1.82) is 0 Å². The second-order valence-electron chi connectivity index (χ2n) is 5.56. The number of carbonyl (C=O) groups is 1. The van der Waals surface area contributed by atoms with Crippen LogP contribution in [0.4, 0.5) is 10.1 Å². The zero-order valence-electron chi connectivity index (χ0n) is 14.2. The topological polar surface area (TPSA) is 62.4 Å². The molecule has 132 valence electrons. The number of hydrogen-bond donors (Lipinski definition) is 3. The molecule has 0 saturated carbocycles. The third-order valence-electron chi connectivity index (χ3n) is 3.57. The molecule has 0 aromatic heterocycles. The van der Waals surface area contributed by atoms with Crippen molar-refractivity contribution in [3.63, 3.8) is 0 Å². The number of halogens is 1. The molecule has 0 aliphatic heterocycles. The van der Waals surface area contributed by atoms with Crippen molar-refractivity contribution in [2.45, 2.75) is 26.9 Å². The van der Waals surface area contributed by atoms with Gasteiger partial charge in [0.15, 0.2) is 22.8 Å². The standard InChI is InChI=1S/C18H20FN3O2S/c1-11-8-9-14(10-12(11)2)20-18(25)22-21-17(23)13(3)24-16-7-5-4-6-15(16)19/h4-10,13H,1-3H3,(H,21,23)(H2,20,22,25)/t13-/m1/s1. The van der Waals surface area contributed by atoms with Gasteiger partial charge in [0, 0.05) is 5.69 Å². The predicted octanol–water partition coefficient (Wildman–Crippen LogP) is 3.23. The number of thiocarbonyl (C=S) groups is 1. The summed E-state index contributed by atoms with van der Waals surface area (Å²) in [6.45, 7) is 5.54. The van der Waals surface area contributed by atoms with Crippen molar-refractivity contribution >= 4 is 28.9 Å². The summed E-state index contributed by atoms with van der Waals surface area (Å²) in [4.78, 5) is 12.0. The molecule has 3 N–H and O–H groups in total. The molecule has 0 aliphatic rings. The SMILES string of the molecule is Cc1ccc(NC(=S)NNC(=O)[C@@H](C)Oc2ccccc2F)cc1C. The van der Waals surface area contributed by atoms with Crippen molar-refractivity contribution in [3.05, 3.63) is 59.4 Å². The molecule has 0 spiro atoms. The summed E-state index contributed by atoms with van der Waals surface area (Å²) in [5.41, 5.74) is 8.14. The zero-order valence-corrected chi connectivity index (χ0v) is 15.0. The lowest BCUT2D eigenvalue weighted by Crippen LogP contribution is -2.48. The molecule has 0 heterocycles. The van der Waals surface area contributed by atoms with Gasteiger partial charge in [-0.15, -0.1) is 0 Å². The Hall–Kier alpha value is -2.67. The van der Waals surface area contributed by atoms with E-state index >= 15 is 0 Å². The first-order chi connectivity index (χ1) is 11.9. The lowest BCUT2D eigenvalue weighted by Gasteiger charge is -2.17. The van der Waals surface area contributed by atoms with E-state index in [4.69, 9.17) is 17.0 Å². The Morgan fingerprint density at radius 2 is 1.84 bits per heavy atom. The van der Waals surface area contributed by atoms with Crippen LogP contribution in [-0.4, -0.2) is 17.1 Å². The van der Waals surface area contributed by atoms with Crippen LogP contribution in [0.3, 0.4) is 0 Å². The van der Waals surface area contributed by atoms with Crippen molar-refractivity contribution in [1.82, 2.24) is 10.9 Å². The summed E-state index contributed by atoms with van der Waals surface area (Å²) in [5.74, 6) is -0.990. The molecular weight excluding hydrogens is 341 g/mol. The van der Waals surface area contributed by atoms with Gasteiger partial charge in [0.05, 0.1) is 0 Å². The molecule has 2 aromatic carbocycles. The highest BCUT2D eigenvalue weighted by Crippen LogP contribution is 2.17. The van der Waals surface area contributed by atoms with E-state index in [-0.39, 0.29) is 10.9 Å². The van der Waals surface area contributed by atoms with Crippen LogP contribution in [0.5, 0.6) is 5.75 Å². The first kappa shape index (κ1) is 18.7. The summed E-state index contributed by atoms with van der Waals surface area (Å²) < 4.78 is 18.8. The Morgan fingerprint density at radius 3 is 2.52 bits per heavy atom. The number of carbonyl (C=O) groups excluding carboxylic acids is 1. The number of aryl methyl sites for hydroxylation is 2. The van der Waals surface area contributed by atoms with Gasteiger partial charge in [0.25, 0.3) is 5.91 Å². The van der Waals surface area contributed by atoms with Gasteiger partial charge in [0.1, 0.15) is 0 Å². The lowest BCUT2D eigenvalue weighted by atomic mass is 10.1. The van der Waals surface area contributed by atoms with E-state index < -0.39 is 17.8 Å². The lowest BCUT2D eigenvalue weighted by molar-refractivity contribution is -0.127. The second-order valence-corrected chi connectivity index (χ2v) is 5.97. The normalized spacial score (nSPS) is 11.4. The molecule has 25 heavy (non-hydrogen) atoms. The fourth-order valence-corrected chi connectivity index (χ4v) is 2.15. The monoisotopic (exact) mass is 361 g/mol. The molecular formula is C18H20FN3O2S. The number of rotatable bonds is 4. The highest BCUT2D eigenvalue weighted by molar-refractivity contribution is 7.80. The van der Waals surface area contributed by atoms with Gasteiger partial charge in [0.2, 0.25) is 0 Å². The first-order valence-corrected chi connectivity index (χ1v) is 8.13. The minimum atomic E-state index is -0.895. The van der Waals surface area contributed by atoms with E-state index in [0.717, 1.165) is 11.3 Å². The Kier molecular flexibility index (Phi) is 6.30. The molecule has 2 aromatic rings. The van der Waals surface area contributed by atoms with Crippen LogP contribution in [0.1, 0.15) is 18.1 Å². The van der Waals surface area contributed by atoms with Gasteiger partial charge in [-0.2, -0.15) is 0 Å².